The predicted molar refractivity (Wildman–Crippen MR) is 57.0 cm³/mol. The fourth-order valence-corrected chi connectivity index (χ4v) is 4.84. The zero-order valence-electron chi connectivity index (χ0n) is 6.74. The molecule has 1 aliphatic heterocycles. The molecule has 68 valence electrons. The van der Waals surface area contributed by atoms with Crippen LogP contribution in [0.4, 0.5) is 0 Å². The molecule has 0 spiro atoms. The summed E-state index contributed by atoms with van der Waals surface area (Å²) >= 11 is 0. The first-order valence-corrected chi connectivity index (χ1v) is 7.23. The minimum Gasteiger partial charge on any atom is -0.447 e. The lowest BCUT2D eigenvalue weighted by Gasteiger charge is -2.19. The first-order chi connectivity index (χ1) is 5.70. The van der Waals surface area contributed by atoms with Gasteiger partial charge in [-0.2, -0.15) is 0 Å². The number of carbonyl (C=O) groups is 1. The Kier molecular flexibility index (Phi) is 4.39. The Bertz CT molecular complexity index is 187. The van der Waals surface area contributed by atoms with Crippen molar-refractivity contribution in [1.82, 2.24) is 0 Å². The van der Waals surface area contributed by atoms with Crippen LogP contribution >= 0.6 is 31.4 Å². The average molecular weight is 222 g/mol. The van der Waals surface area contributed by atoms with Gasteiger partial charge >= 0.3 is 5.97 Å². The molecule has 0 N–H and O–H groups in total. The highest BCUT2D eigenvalue weighted by Crippen LogP contribution is 2.44. The summed E-state index contributed by atoms with van der Waals surface area (Å²) in [5, 5.41) is 0. The van der Waals surface area contributed by atoms with E-state index in [1.807, 2.05) is 0 Å². The van der Waals surface area contributed by atoms with E-state index in [1.54, 1.807) is 38.3 Å². The van der Waals surface area contributed by atoms with Crippen molar-refractivity contribution >= 4 is 37.4 Å². The molecule has 1 aliphatic rings. The number of rotatable bonds is 2. The Morgan fingerprint density at radius 3 is 2.92 bits per heavy atom. The second-order valence-electron chi connectivity index (χ2n) is 2.39. The van der Waals surface area contributed by atoms with Crippen LogP contribution in [-0.4, -0.2) is 17.2 Å². The SMILES string of the molecule is C=C(C)C(=O)OC1CCSSS1. The van der Waals surface area contributed by atoms with Crippen LogP contribution in [-0.2, 0) is 9.53 Å². The molecule has 12 heavy (non-hydrogen) atoms. The summed E-state index contributed by atoms with van der Waals surface area (Å²) in [5.74, 6) is 0.770. The average Bonchev–Trinajstić information content (AvgIpc) is 2.06. The van der Waals surface area contributed by atoms with Gasteiger partial charge in [0, 0.05) is 17.7 Å². The molecule has 2 nitrogen and oxygen atoms in total. The lowest BCUT2D eigenvalue weighted by atomic mass is 10.4. The van der Waals surface area contributed by atoms with Crippen LogP contribution in [0.3, 0.4) is 0 Å². The van der Waals surface area contributed by atoms with Gasteiger partial charge in [-0.05, 0) is 27.5 Å². The zero-order valence-corrected chi connectivity index (χ0v) is 9.19. The molecular formula is C7H10O2S3. The van der Waals surface area contributed by atoms with Gasteiger partial charge in [0.25, 0.3) is 0 Å². The molecule has 1 fully saturated rings. The highest BCUT2D eigenvalue weighted by molar-refractivity contribution is 9.09. The van der Waals surface area contributed by atoms with E-state index in [1.165, 1.54) is 0 Å². The van der Waals surface area contributed by atoms with Crippen LogP contribution in [0.15, 0.2) is 12.2 Å². The lowest BCUT2D eigenvalue weighted by Crippen LogP contribution is -2.16. The first-order valence-electron chi connectivity index (χ1n) is 3.51. The monoisotopic (exact) mass is 222 g/mol. The third-order valence-corrected chi connectivity index (χ3v) is 5.58. The Balaban J connectivity index is 2.29. The minimum absolute atomic E-state index is 0.0143. The van der Waals surface area contributed by atoms with Gasteiger partial charge in [0.05, 0.1) is 0 Å². The first kappa shape index (κ1) is 10.3. The molecule has 1 unspecified atom stereocenters. The quantitative estimate of drug-likeness (QED) is 0.407. The van der Waals surface area contributed by atoms with Crippen molar-refractivity contribution < 1.29 is 9.53 Å². The van der Waals surface area contributed by atoms with E-state index in [4.69, 9.17) is 4.74 Å². The largest absolute Gasteiger partial charge is 0.447 e. The van der Waals surface area contributed by atoms with Gasteiger partial charge < -0.3 is 4.74 Å². The predicted octanol–water partition coefficient (Wildman–Crippen LogP) is 2.87. The van der Waals surface area contributed by atoms with Crippen LogP contribution in [0, 0.1) is 0 Å². The van der Waals surface area contributed by atoms with Crippen molar-refractivity contribution in [2.24, 2.45) is 0 Å². The molecule has 0 aromatic carbocycles. The highest BCUT2D eigenvalue weighted by atomic mass is 33.5. The number of ether oxygens (including phenoxy) is 1. The molecule has 1 heterocycles. The fraction of sp³-hybridized carbons (Fsp3) is 0.571. The van der Waals surface area contributed by atoms with E-state index < -0.39 is 0 Å². The maximum Gasteiger partial charge on any atom is 0.334 e. The Morgan fingerprint density at radius 1 is 1.67 bits per heavy atom. The molecule has 1 atom stereocenters. The van der Waals surface area contributed by atoms with E-state index in [9.17, 15) is 4.79 Å². The second-order valence-corrected chi connectivity index (χ2v) is 6.81. The van der Waals surface area contributed by atoms with Crippen LogP contribution < -0.4 is 0 Å². The van der Waals surface area contributed by atoms with Crippen LogP contribution in [0.5, 0.6) is 0 Å². The molecule has 0 amide bonds. The summed E-state index contributed by atoms with van der Waals surface area (Å²) in [6.45, 7) is 5.19. The van der Waals surface area contributed by atoms with Gasteiger partial charge in [-0.15, -0.1) is 0 Å². The number of hydrogen-bond donors (Lipinski definition) is 0. The molecule has 0 aliphatic carbocycles. The Labute approximate surface area is 83.7 Å². The zero-order chi connectivity index (χ0) is 8.97. The summed E-state index contributed by atoms with van der Waals surface area (Å²) in [6.07, 6.45) is 0.932. The van der Waals surface area contributed by atoms with E-state index in [0.717, 1.165) is 12.2 Å². The summed E-state index contributed by atoms with van der Waals surface area (Å²) in [6, 6.07) is 0. The van der Waals surface area contributed by atoms with Crippen molar-refractivity contribution in [3.63, 3.8) is 0 Å². The molecule has 0 aromatic heterocycles. The van der Waals surface area contributed by atoms with Crippen molar-refractivity contribution in [2.75, 3.05) is 5.75 Å². The van der Waals surface area contributed by atoms with Crippen LogP contribution in [0.2, 0.25) is 0 Å². The van der Waals surface area contributed by atoms with Crippen molar-refractivity contribution in [1.29, 1.82) is 0 Å². The molecule has 5 heteroatoms. The Morgan fingerprint density at radius 2 is 2.42 bits per heavy atom. The maximum atomic E-state index is 11.1. The van der Waals surface area contributed by atoms with Crippen molar-refractivity contribution in [3.05, 3.63) is 12.2 Å². The molecule has 1 saturated heterocycles. The smallest absolute Gasteiger partial charge is 0.334 e. The van der Waals surface area contributed by atoms with Gasteiger partial charge in [0.15, 0.2) is 5.44 Å². The van der Waals surface area contributed by atoms with E-state index in [-0.39, 0.29) is 11.4 Å². The fourth-order valence-electron chi connectivity index (χ4n) is 0.597. The molecular weight excluding hydrogens is 212 g/mol. The molecule has 0 bridgehead atoms. The van der Waals surface area contributed by atoms with Gasteiger partial charge in [0.1, 0.15) is 0 Å². The van der Waals surface area contributed by atoms with Gasteiger partial charge in [-0.25, -0.2) is 4.79 Å². The molecule has 0 saturated carbocycles. The highest BCUT2D eigenvalue weighted by Gasteiger charge is 2.19. The van der Waals surface area contributed by atoms with Gasteiger partial charge in [-0.3, -0.25) is 0 Å². The van der Waals surface area contributed by atoms with Crippen molar-refractivity contribution in [2.45, 2.75) is 18.8 Å². The third-order valence-electron chi connectivity index (χ3n) is 1.22. The summed E-state index contributed by atoms with van der Waals surface area (Å²) in [5.41, 5.74) is 0.485. The lowest BCUT2D eigenvalue weighted by molar-refractivity contribution is -0.140. The Hall–Kier alpha value is 0.260. The van der Waals surface area contributed by atoms with Crippen LogP contribution in [0.25, 0.3) is 0 Å². The topological polar surface area (TPSA) is 26.3 Å². The standard InChI is InChI=1S/C7H10O2S3/c1-5(2)7(8)9-6-3-4-10-12-11-6/h6H,1,3-4H2,2H3. The normalized spacial score (nSPS) is 23.2. The number of hydrogen-bond acceptors (Lipinski definition) is 5. The summed E-state index contributed by atoms with van der Waals surface area (Å²) in [4.78, 5) is 11.1. The minimum atomic E-state index is -0.278. The molecule has 0 radical (unpaired) electrons. The van der Waals surface area contributed by atoms with Gasteiger partial charge in [-0.1, -0.05) is 17.4 Å². The summed E-state index contributed by atoms with van der Waals surface area (Å²) in [7, 11) is 5.09. The third kappa shape index (κ3) is 3.33. The van der Waals surface area contributed by atoms with Crippen molar-refractivity contribution in [3.8, 4) is 0 Å². The second kappa shape index (κ2) is 5.09. The maximum absolute atomic E-state index is 11.1. The molecule has 1 rings (SSSR count). The van der Waals surface area contributed by atoms with E-state index in [0.29, 0.717) is 5.57 Å². The van der Waals surface area contributed by atoms with Gasteiger partial charge in [0.2, 0.25) is 0 Å². The van der Waals surface area contributed by atoms with E-state index >= 15 is 0 Å². The summed E-state index contributed by atoms with van der Waals surface area (Å²) < 4.78 is 5.14. The number of esters is 1. The van der Waals surface area contributed by atoms with Crippen LogP contribution in [0.1, 0.15) is 13.3 Å². The molecule has 0 aromatic rings. The van der Waals surface area contributed by atoms with E-state index in [2.05, 4.69) is 6.58 Å². The number of carbonyl (C=O) groups excluding carboxylic acids is 1.